The predicted octanol–water partition coefficient (Wildman–Crippen LogP) is 1.04. The molecule has 0 aliphatic carbocycles. The molecule has 0 radical (unpaired) electrons. The molecule has 96 valence electrons. The molecule has 1 fully saturated rings. The van der Waals surface area contributed by atoms with Gasteiger partial charge in [-0.25, -0.2) is 0 Å². The zero-order valence-electron chi connectivity index (χ0n) is 11.0. The minimum absolute atomic E-state index is 0.670. The second-order valence-electron chi connectivity index (χ2n) is 4.99. The Morgan fingerprint density at radius 3 is 2.82 bits per heavy atom. The molecule has 1 aliphatic rings. The van der Waals surface area contributed by atoms with E-state index in [2.05, 4.69) is 28.3 Å². The van der Waals surface area contributed by atoms with E-state index in [0.717, 1.165) is 19.5 Å². The summed E-state index contributed by atoms with van der Waals surface area (Å²) in [5.74, 6) is 0. The van der Waals surface area contributed by atoms with Crippen LogP contribution in [0, 0.1) is 0 Å². The van der Waals surface area contributed by atoms with Crippen molar-refractivity contribution < 1.29 is 0 Å². The fourth-order valence-corrected chi connectivity index (χ4v) is 2.49. The summed E-state index contributed by atoms with van der Waals surface area (Å²) in [6, 6.07) is 2.76. The average molecular weight is 236 g/mol. The Kier molecular flexibility index (Phi) is 4.57. The maximum absolute atomic E-state index is 4.17. The number of aromatic nitrogens is 2. The third kappa shape index (κ3) is 3.54. The van der Waals surface area contributed by atoms with Crippen molar-refractivity contribution in [3.8, 4) is 0 Å². The average Bonchev–Trinajstić information content (AvgIpc) is 2.96. The summed E-state index contributed by atoms with van der Waals surface area (Å²) in [4.78, 5) is 2.58. The Balaban J connectivity index is 1.61. The van der Waals surface area contributed by atoms with Gasteiger partial charge in [0, 0.05) is 44.5 Å². The minimum Gasteiger partial charge on any atom is -0.315 e. The van der Waals surface area contributed by atoms with Crippen molar-refractivity contribution >= 4 is 0 Å². The maximum Gasteiger partial charge on any atom is 0.0492 e. The number of rotatable bonds is 6. The van der Waals surface area contributed by atoms with Crippen molar-refractivity contribution in [1.29, 1.82) is 0 Å². The molecule has 4 heteroatoms. The van der Waals surface area contributed by atoms with Gasteiger partial charge in [0.15, 0.2) is 0 Å². The summed E-state index contributed by atoms with van der Waals surface area (Å²) < 4.78 is 1.95. The first kappa shape index (κ1) is 12.6. The molecule has 0 bridgehead atoms. The topological polar surface area (TPSA) is 33.1 Å². The summed E-state index contributed by atoms with van der Waals surface area (Å²) >= 11 is 0. The third-order valence-electron chi connectivity index (χ3n) is 3.68. The Labute approximate surface area is 104 Å². The fourth-order valence-electron chi connectivity index (χ4n) is 2.49. The van der Waals surface area contributed by atoms with Gasteiger partial charge in [0.25, 0.3) is 0 Å². The quantitative estimate of drug-likeness (QED) is 0.749. The van der Waals surface area contributed by atoms with Crippen molar-refractivity contribution in [3.05, 3.63) is 18.0 Å². The van der Waals surface area contributed by atoms with Gasteiger partial charge in [-0.3, -0.25) is 9.58 Å². The molecule has 4 nitrogen and oxygen atoms in total. The number of likely N-dealkylation sites (tertiary alicyclic amines) is 1. The van der Waals surface area contributed by atoms with Gasteiger partial charge in [-0.05, 0) is 38.9 Å². The highest BCUT2D eigenvalue weighted by atomic mass is 15.3. The first-order valence-electron chi connectivity index (χ1n) is 6.69. The van der Waals surface area contributed by atoms with E-state index >= 15 is 0 Å². The Morgan fingerprint density at radius 1 is 1.41 bits per heavy atom. The van der Waals surface area contributed by atoms with Gasteiger partial charge in [-0.15, -0.1) is 0 Å². The highest BCUT2D eigenvalue weighted by Crippen LogP contribution is 2.10. The van der Waals surface area contributed by atoms with Crippen LogP contribution in [0.1, 0.15) is 25.5 Å². The molecule has 1 atom stereocenters. The lowest BCUT2D eigenvalue weighted by Gasteiger charge is -2.23. The van der Waals surface area contributed by atoms with E-state index < -0.39 is 0 Å². The van der Waals surface area contributed by atoms with Crippen LogP contribution in [0.3, 0.4) is 0 Å². The summed E-state index contributed by atoms with van der Waals surface area (Å²) in [6.07, 6.45) is 5.67. The monoisotopic (exact) mass is 236 g/mol. The van der Waals surface area contributed by atoms with Crippen LogP contribution in [-0.4, -0.2) is 46.9 Å². The first-order chi connectivity index (χ1) is 8.27. The maximum atomic E-state index is 4.17. The van der Waals surface area contributed by atoms with Crippen LogP contribution in [0.25, 0.3) is 0 Å². The van der Waals surface area contributed by atoms with E-state index in [4.69, 9.17) is 0 Å². The predicted molar refractivity (Wildman–Crippen MR) is 70.1 cm³/mol. The normalized spacial score (nSPS) is 18.7. The molecule has 0 saturated carbocycles. The van der Waals surface area contributed by atoms with Crippen LogP contribution in [0.5, 0.6) is 0 Å². The summed E-state index contributed by atoms with van der Waals surface area (Å²) in [5, 5.41) is 7.72. The molecule has 2 rings (SSSR count). The minimum atomic E-state index is 0.670. The third-order valence-corrected chi connectivity index (χ3v) is 3.68. The number of nitrogens with zero attached hydrogens (tertiary/aromatic N) is 3. The van der Waals surface area contributed by atoms with Crippen molar-refractivity contribution in [1.82, 2.24) is 20.0 Å². The van der Waals surface area contributed by atoms with Crippen LogP contribution in [0.4, 0.5) is 0 Å². The van der Waals surface area contributed by atoms with Gasteiger partial charge < -0.3 is 5.32 Å². The van der Waals surface area contributed by atoms with Crippen molar-refractivity contribution in [2.45, 2.75) is 32.2 Å². The summed E-state index contributed by atoms with van der Waals surface area (Å²) in [5.41, 5.74) is 1.30. The molecule has 0 amide bonds. The Hall–Kier alpha value is -0.870. The van der Waals surface area contributed by atoms with Gasteiger partial charge in [-0.2, -0.15) is 5.10 Å². The molecular formula is C13H24N4. The van der Waals surface area contributed by atoms with Crippen molar-refractivity contribution in [2.24, 2.45) is 7.05 Å². The Bertz CT molecular complexity index is 328. The van der Waals surface area contributed by atoms with Crippen molar-refractivity contribution in [3.63, 3.8) is 0 Å². The molecule has 1 saturated heterocycles. The molecule has 1 aliphatic heterocycles. The molecule has 0 aromatic carbocycles. The highest BCUT2D eigenvalue weighted by Gasteiger charge is 2.17. The lowest BCUT2D eigenvalue weighted by molar-refractivity contribution is 0.252. The standard InChI is InChI=1S/C13H24N4/c1-12(17-9-3-4-10-17)11-14-7-5-13-6-8-15-16(13)2/h6,8,12,14H,3-5,7,9-11H2,1-2H3. The lowest BCUT2D eigenvalue weighted by atomic mass is 10.2. The van der Waals surface area contributed by atoms with E-state index in [-0.39, 0.29) is 0 Å². The number of hydrogen-bond donors (Lipinski definition) is 1. The lowest BCUT2D eigenvalue weighted by Crippen LogP contribution is -2.39. The van der Waals surface area contributed by atoms with Crippen LogP contribution in [-0.2, 0) is 13.5 Å². The van der Waals surface area contributed by atoms with E-state index in [1.54, 1.807) is 0 Å². The Morgan fingerprint density at radius 2 is 2.18 bits per heavy atom. The molecule has 1 N–H and O–H groups in total. The molecule has 0 spiro atoms. The molecule has 2 heterocycles. The fraction of sp³-hybridized carbons (Fsp3) is 0.769. The van der Waals surface area contributed by atoms with Gasteiger partial charge in [0.2, 0.25) is 0 Å². The molecular weight excluding hydrogens is 212 g/mol. The summed E-state index contributed by atoms with van der Waals surface area (Å²) in [6.45, 7) is 7.02. The van der Waals surface area contributed by atoms with Crippen LogP contribution < -0.4 is 5.32 Å². The van der Waals surface area contributed by atoms with Gasteiger partial charge in [-0.1, -0.05) is 0 Å². The van der Waals surface area contributed by atoms with Crippen LogP contribution >= 0.6 is 0 Å². The van der Waals surface area contributed by atoms with Crippen LogP contribution in [0.15, 0.2) is 12.3 Å². The van der Waals surface area contributed by atoms with E-state index in [1.165, 1.54) is 31.6 Å². The zero-order valence-corrected chi connectivity index (χ0v) is 11.0. The van der Waals surface area contributed by atoms with Gasteiger partial charge in [0.05, 0.1) is 0 Å². The second-order valence-corrected chi connectivity index (χ2v) is 4.99. The first-order valence-corrected chi connectivity index (χ1v) is 6.69. The largest absolute Gasteiger partial charge is 0.315 e. The van der Waals surface area contributed by atoms with E-state index in [0.29, 0.717) is 6.04 Å². The summed E-state index contributed by atoms with van der Waals surface area (Å²) in [7, 11) is 2.00. The smallest absolute Gasteiger partial charge is 0.0492 e. The number of hydrogen-bond acceptors (Lipinski definition) is 3. The van der Waals surface area contributed by atoms with Gasteiger partial charge in [0.1, 0.15) is 0 Å². The molecule has 17 heavy (non-hydrogen) atoms. The number of nitrogens with one attached hydrogen (secondary N) is 1. The van der Waals surface area contributed by atoms with Crippen LogP contribution in [0.2, 0.25) is 0 Å². The SMILES string of the molecule is CC(CNCCc1ccnn1C)N1CCCC1. The number of aryl methyl sites for hydroxylation is 1. The molecule has 1 aromatic heterocycles. The van der Waals surface area contributed by atoms with Crippen molar-refractivity contribution in [2.75, 3.05) is 26.2 Å². The second kappa shape index (κ2) is 6.17. The molecule has 1 aromatic rings. The zero-order chi connectivity index (χ0) is 12.1. The molecule has 1 unspecified atom stereocenters. The van der Waals surface area contributed by atoms with E-state index in [9.17, 15) is 0 Å². The van der Waals surface area contributed by atoms with Gasteiger partial charge >= 0.3 is 0 Å². The highest BCUT2D eigenvalue weighted by molar-refractivity contribution is 5.00. The van der Waals surface area contributed by atoms with E-state index in [1.807, 2.05) is 17.9 Å².